The van der Waals surface area contributed by atoms with Crippen molar-refractivity contribution in [3.8, 4) is 5.75 Å². The van der Waals surface area contributed by atoms with Gasteiger partial charge in [-0.05, 0) is 37.3 Å². The van der Waals surface area contributed by atoms with Crippen LogP contribution in [0.2, 0.25) is 0 Å². The van der Waals surface area contributed by atoms with Crippen LogP contribution in [0.5, 0.6) is 5.75 Å². The molecule has 2 aromatic carbocycles. The van der Waals surface area contributed by atoms with E-state index in [-0.39, 0.29) is 5.78 Å². The third-order valence-corrected chi connectivity index (χ3v) is 4.23. The first-order valence-electron chi connectivity index (χ1n) is 8.66. The quantitative estimate of drug-likeness (QED) is 0.472. The summed E-state index contributed by atoms with van der Waals surface area (Å²) in [7, 11) is 1.34. The Balaban J connectivity index is 1.65. The molecule has 3 rings (SSSR count). The van der Waals surface area contributed by atoms with Crippen molar-refractivity contribution in [3.05, 3.63) is 89.2 Å². The molecule has 27 heavy (non-hydrogen) atoms. The van der Waals surface area contributed by atoms with Crippen molar-refractivity contribution in [1.29, 1.82) is 0 Å². The fourth-order valence-corrected chi connectivity index (χ4v) is 2.76. The van der Waals surface area contributed by atoms with Crippen LogP contribution in [0.15, 0.2) is 66.9 Å². The van der Waals surface area contributed by atoms with Crippen LogP contribution in [0.3, 0.4) is 0 Å². The van der Waals surface area contributed by atoms with Gasteiger partial charge in [-0.25, -0.2) is 4.79 Å². The van der Waals surface area contributed by atoms with Gasteiger partial charge in [0.1, 0.15) is 12.4 Å². The SMILES string of the molecule is COC(=O)c1cccc(OCCn2cccc2C(=O)c2ccc(C)cc2)c1. The number of esters is 1. The predicted molar refractivity (Wildman–Crippen MR) is 102 cm³/mol. The minimum absolute atomic E-state index is 0.0207. The molecule has 0 N–H and O–H groups in total. The van der Waals surface area contributed by atoms with Gasteiger partial charge in [-0.1, -0.05) is 35.9 Å². The van der Waals surface area contributed by atoms with E-state index in [4.69, 9.17) is 9.47 Å². The van der Waals surface area contributed by atoms with Crippen molar-refractivity contribution in [2.24, 2.45) is 0 Å². The smallest absolute Gasteiger partial charge is 0.337 e. The largest absolute Gasteiger partial charge is 0.492 e. The van der Waals surface area contributed by atoms with Gasteiger partial charge in [0, 0.05) is 11.8 Å². The first-order chi connectivity index (χ1) is 13.1. The molecule has 0 unspecified atom stereocenters. The normalized spacial score (nSPS) is 10.4. The lowest BCUT2D eigenvalue weighted by molar-refractivity contribution is 0.0600. The Bertz CT molecular complexity index is 941. The van der Waals surface area contributed by atoms with Crippen molar-refractivity contribution in [2.75, 3.05) is 13.7 Å². The molecule has 0 aliphatic carbocycles. The number of ether oxygens (including phenoxy) is 2. The molecule has 1 heterocycles. The summed E-state index contributed by atoms with van der Waals surface area (Å²) in [5.74, 6) is 0.154. The number of benzene rings is 2. The van der Waals surface area contributed by atoms with Gasteiger partial charge >= 0.3 is 5.97 Å². The highest BCUT2D eigenvalue weighted by Gasteiger charge is 2.13. The Kier molecular flexibility index (Phi) is 5.71. The van der Waals surface area contributed by atoms with Crippen molar-refractivity contribution in [2.45, 2.75) is 13.5 Å². The first kappa shape index (κ1) is 18.5. The Morgan fingerprint density at radius 3 is 2.48 bits per heavy atom. The number of rotatable bonds is 7. The average molecular weight is 363 g/mol. The molecule has 138 valence electrons. The summed E-state index contributed by atoms with van der Waals surface area (Å²) >= 11 is 0. The van der Waals surface area contributed by atoms with E-state index in [2.05, 4.69) is 0 Å². The second kappa shape index (κ2) is 8.36. The van der Waals surface area contributed by atoms with Crippen LogP contribution in [-0.2, 0) is 11.3 Å². The second-order valence-electron chi connectivity index (χ2n) is 6.15. The van der Waals surface area contributed by atoms with Crippen molar-refractivity contribution < 1.29 is 19.1 Å². The topological polar surface area (TPSA) is 57.5 Å². The molecule has 1 aromatic heterocycles. The summed E-state index contributed by atoms with van der Waals surface area (Å²) < 4.78 is 12.3. The molecule has 0 saturated carbocycles. The van der Waals surface area contributed by atoms with E-state index >= 15 is 0 Å². The summed E-state index contributed by atoms with van der Waals surface area (Å²) in [6.45, 7) is 2.87. The molecule has 5 nitrogen and oxygen atoms in total. The van der Waals surface area contributed by atoms with E-state index in [1.165, 1.54) is 7.11 Å². The van der Waals surface area contributed by atoms with Gasteiger partial charge in [-0.2, -0.15) is 0 Å². The van der Waals surface area contributed by atoms with Gasteiger partial charge in [0.2, 0.25) is 5.78 Å². The van der Waals surface area contributed by atoms with Gasteiger partial charge in [0.25, 0.3) is 0 Å². The Hall–Kier alpha value is -3.34. The Morgan fingerprint density at radius 1 is 0.963 bits per heavy atom. The molecule has 5 heteroatoms. The molecule has 0 radical (unpaired) electrons. The van der Waals surface area contributed by atoms with E-state index in [0.29, 0.717) is 35.7 Å². The van der Waals surface area contributed by atoms with E-state index in [1.54, 1.807) is 30.3 Å². The molecule has 0 amide bonds. The zero-order valence-electron chi connectivity index (χ0n) is 15.3. The van der Waals surface area contributed by atoms with Crippen molar-refractivity contribution >= 4 is 11.8 Å². The van der Waals surface area contributed by atoms with Gasteiger partial charge in [-0.15, -0.1) is 0 Å². The number of methoxy groups -OCH3 is 1. The lowest BCUT2D eigenvalue weighted by Gasteiger charge is -2.11. The van der Waals surface area contributed by atoms with Crippen LogP contribution in [0.4, 0.5) is 0 Å². The number of aryl methyl sites for hydroxylation is 1. The average Bonchev–Trinajstić information content (AvgIpc) is 3.16. The predicted octanol–water partition coefficient (Wildman–Crippen LogP) is 3.89. The highest BCUT2D eigenvalue weighted by Crippen LogP contribution is 2.15. The van der Waals surface area contributed by atoms with Crippen LogP contribution in [0.1, 0.15) is 32.0 Å². The minimum atomic E-state index is -0.406. The number of carbonyl (C=O) groups is 2. The Morgan fingerprint density at radius 2 is 1.74 bits per heavy atom. The number of ketones is 1. The van der Waals surface area contributed by atoms with E-state index in [1.807, 2.05) is 48.0 Å². The fraction of sp³-hybridized carbons (Fsp3) is 0.182. The molecule has 0 aliphatic heterocycles. The molecule has 0 bridgehead atoms. The highest BCUT2D eigenvalue weighted by atomic mass is 16.5. The first-order valence-corrected chi connectivity index (χ1v) is 8.66. The summed E-state index contributed by atoms with van der Waals surface area (Å²) in [6.07, 6.45) is 1.86. The molecule has 3 aromatic rings. The fourth-order valence-electron chi connectivity index (χ4n) is 2.76. The standard InChI is InChI=1S/C22H21NO4/c1-16-8-10-17(11-9-16)21(24)20-7-4-12-23(20)13-14-27-19-6-3-5-18(15-19)22(25)26-2/h3-12,15H,13-14H2,1-2H3. The maximum atomic E-state index is 12.7. The van der Waals surface area contributed by atoms with Gasteiger partial charge in [-0.3, -0.25) is 4.79 Å². The summed E-state index contributed by atoms with van der Waals surface area (Å²) in [5, 5.41) is 0. The number of hydrogen-bond acceptors (Lipinski definition) is 4. The Labute approximate surface area is 158 Å². The maximum absolute atomic E-state index is 12.7. The monoisotopic (exact) mass is 363 g/mol. The zero-order chi connectivity index (χ0) is 19.2. The number of nitrogens with zero attached hydrogens (tertiary/aromatic N) is 1. The highest BCUT2D eigenvalue weighted by molar-refractivity contribution is 6.08. The van der Waals surface area contributed by atoms with Gasteiger partial charge in [0.15, 0.2) is 0 Å². The number of aromatic nitrogens is 1. The minimum Gasteiger partial charge on any atom is -0.492 e. The molecular formula is C22H21NO4. The van der Waals surface area contributed by atoms with E-state index < -0.39 is 5.97 Å². The molecule has 0 atom stereocenters. The lowest BCUT2D eigenvalue weighted by Crippen LogP contribution is -2.14. The van der Waals surface area contributed by atoms with E-state index in [9.17, 15) is 9.59 Å². The van der Waals surface area contributed by atoms with Crippen LogP contribution in [0.25, 0.3) is 0 Å². The molecule has 0 spiro atoms. The number of carbonyl (C=O) groups excluding carboxylic acids is 2. The maximum Gasteiger partial charge on any atom is 0.337 e. The molecule has 0 fully saturated rings. The lowest BCUT2D eigenvalue weighted by atomic mass is 10.1. The van der Waals surface area contributed by atoms with Crippen LogP contribution in [0, 0.1) is 6.92 Å². The summed E-state index contributed by atoms with van der Waals surface area (Å²) in [4.78, 5) is 24.3. The second-order valence-corrected chi connectivity index (χ2v) is 6.15. The van der Waals surface area contributed by atoms with Crippen molar-refractivity contribution in [3.63, 3.8) is 0 Å². The molecule has 0 saturated heterocycles. The van der Waals surface area contributed by atoms with Crippen LogP contribution < -0.4 is 4.74 Å². The van der Waals surface area contributed by atoms with Crippen LogP contribution in [-0.4, -0.2) is 30.0 Å². The zero-order valence-corrected chi connectivity index (χ0v) is 15.3. The molecule has 0 aliphatic rings. The third kappa shape index (κ3) is 4.44. The number of hydrogen-bond donors (Lipinski definition) is 0. The van der Waals surface area contributed by atoms with Gasteiger partial charge < -0.3 is 14.0 Å². The molecular weight excluding hydrogens is 342 g/mol. The summed E-state index contributed by atoms with van der Waals surface area (Å²) in [5.41, 5.74) is 2.83. The van der Waals surface area contributed by atoms with Gasteiger partial charge in [0.05, 0.1) is 24.9 Å². The third-order valence-electron chi connectivity index (χ3n) is 4.23. The van der Waals surface area contributed by atoms with E-state index in [0.717, 1.165) is 5.56 Å². The van der Waals surface area contributed by atoms with Crippen molar-refractivity contribution in [1.82, 2.24) is 4.57 Å². The van der Waals surface area contributed by atoms with Crippen LogP contribution >= 0.6 is 0 Å². The summed E-state index contributed by atoms with van der Waals surface area (Å²) in [6, 6.07) is 18.0.